The predicted octanol–water partition coefficient (Wildman–Crippen LogP) is 2.57. The van der Waals surface area contributed by atoms with Crippen LogP contribution in [-0.4, -0.2) is 9.55 Å². The van der Waals surface area contributed by atoms with Crippen LogP contribution >= 0.6 is 11.6 Å². The summed E-state index contributed by atoms with van der Waals surface area (Å²) in [7, 11) is 0. The lowest BCUT2D eigenvalue weighted by atomic mass is 10.3. The summed E-state index contributed by atoms with van der Waals surface area (Å²) in [6.07, 6.45) is 5.26. The lowest BCUT2D eigenvalue weighted by molar-refractivity contribution is 0.236. The normalized spacial score (nSPS) is 10.1. The Labute approximate surface area is 86.9 Å². The van der Waals surface area contributed by atoms with E-state index in [1.165, 1.54) is 0 Å². The third-order valence-corrected chi connectivity index (χ3v) is 2.01. The standard InChI is InChI=1S/C10H9ClN2O/c11-9-1-3-10(4-2-9)14-8-13-6-5-12-7-13/h1-7H,8H2. The minimum Gasteiger partial charge on any atom is -0.473 e. The van der Waals surface area contributed by atoms with E-state index in [9.17, 15) is 0 Å². The maximum absolute atomic E-state index is 5.74. The van der Waals surface area contributed by atoms with Crippen LogP contribution < -0.4 is 4.74 Å². The van der Waals surface area contributed by atoms with Gasteiger partial charge in [-0.25, -0.2) is 4.98 Å². The van der Waals surface area contributed by atoms with E-state index in [1.54, 1.807) is 24.7 Å². The lowest BCUT2D eigenvalue weighted by Crippen LogP contribution is -2.02. The van der Waals surface area contributed by atoms with Crippen molar-refractivity contribution >= 4 is 11.6 Å². The van der Waals surface area contributed by atoms with E-state index < -0.39 is 0 Å². The molecular formula is C10H9ClN2O. The summed E-state index contributed by atoms with van der Waals surface area (Å²) in [5.41, 5.74) is 0. The summed E-state index contributed by atoms with van der Waals surface area (Å²) in [5.74, 6) is 0.795. The highest BCUT2D eigenvalue weighted by atomic mass is 35.5. The number of imidazole rings is 1. The fourth-order valence-corrected chi connectivity index (χ4v) is 1.17. The van der Waals surface area contributed by atoms with Gasteiger partial charge in [0.2, 0.25) is 0 Å². The molecule has 0 radical (unpaired) electrons. The van der Waals surface area contributed by atoms with Gasteiger partial charge in [0.05, 0.1) is 6.33 Å². The van der Waals surface area contributed by atoms with Crippen molar-refractivity contribution in [3.8, 4) is 5.75 Å². The predicted molar refractivity (Wildman–Crippen MR) is 54.3 cm³/mol. The average molecular weight is 209 g/mol. The molecular weight excluding hydrogens is 200 g/mol. The van der Waals surface area contributed by atoms with Gasteiger partial charge in [-0.1, -0.05) is 11.6 Å². The van der Waals surface area contributed by atoms with Crippen LogP contribution in [0.15, 0.2) is 43.0 Å². The second kappa shape index (κ2) is 4.15. The third kappa shape index (κ3) is 2.26. The van der Waals surface area contributed by atoms with Crippen LogP contribution in [0.5, 0.6) is 5.75 Å². The summed E-state index contributed by atoms with van der Waals surface area (Å²) in [5, 5.41) is 0.708. The van der Waals surface area contributed by atoms with Crippen LogP contribution in [0, 0.1) is 0 Å². The van der Waals surface area contributed by atoms with Crippen LogP contribution in [0.3, 0.4) is 0 Å². The molecule has 0 aliphatic carbocycles. The van der Waals surface area contributed by atoms with Gasteiger partial charge in [0, 0.05) is 17.4 Å². The van der Waals surface area contributed by atoms with Crippen molar-refractivity contribution in [2.45, 2.75) is 6.73 Å². The topological polar surface area (TPSA) is 27.1 Å². The number of nitrogens with zero attached hydrogens (tertiary/aromatic N) is 2. The van der Waals surface area contributed by atoms with Crippen LogP contribution in [0.25, 0.3) is 0 Å². The molecule has 0 fully saturated rings. The molecule has 0 aliphatic rings. The maximum Gasteiger partial charge on any atom is 0.165 e. The van der Waals surface area contributed by atoms with Crippen molar-refractivity contribution in [1.82, 2.24) is 9.55 Å². The SMILES string of the molecule is Clc1ccc(OCn2ccnc2)cc1. The van der Waals surface area contributed by atoms with Gasteiger partial charge in [0.25, 0.3) is 0 Å². The quantitative estimate of drug-likeness (QED) is 0.775. The molecule has 2 rings (SSSR count). The number of rotatable bonds is 3. The van der Waals surface area contributed by atoms with Gasteiger partial charge in [0.15, 0.2) is 6.73 Å². The Morgan fingerprint density at radius 2 is 2.07 bits per heavy atom. The van der Waals surface area contributed by atoms with E-state index in [1.807, 2.05) is 22.9 Å². The fraction of sp³-hybridized carbons (Fsp3) is 0.100. The first-order valence-electron chi connectivity index (χ1n) is 4.19. The second-order valence-corrected chi connectivity index (χ2v) is 3.24. The minimum atomic E-state index is 0.460. The van der Waals surface area contributed by atoms with Crippen molar-refractivity contribution in [3.63, 3.8) is 0 Å². The molecule has 0 saturated carbocycles. The number of aromatic nitrogens is 2. The fourth-order valence-electron chi connectivity index (χ4n) is 1.04. The maximum atomic E-state index is 5.74. The number of benzene rings is 1. The van der Waals surface area contributed by atoms with Crippen molar-refractivity contribution in [2.24, 2.45) is 0 Å². The van der Waals surface area contributed by atoms with E-state index in [2.05, 4.69) is 4.98 Å². The Morgan fingerprint density at radius 3 is 2.71 bits per heavy atom. The lowest BCUT2D eigenvalue weighted by Gasteiger charge is -2.05. The summed E-state index contributed by atoms with van der Waals surface area (Å²) in [6, 6.07) is 7.26. The molecule has 0 N–H and O–H groups in total. The van der Waals surface area contributed by atoms with Gasteiger partial charge in [-0.05, 0) is 24.3 Å². The van der Waals surface area contributed by atoms with Gasteiger partial charge < -0.3 is 9.30 Å². The van der Waals surface area contributed by atoms with Gasteiger partial charge in [0.1, 0.15) is 5.75 Å². The molecule has 14 heavy (non-hydrogen) atoms. The molecule has 3 nitrogen and oxygen atoms in total. The number of hydrogen-bond acceptors (Lipinski definition) is 2. The molecule has 4 heteroatoms. The van der Waals surface area contributed by atoms with E-state index in [4.69, 9.17) is 16.3 Å². The third-order valence-electron chi connectivity index (χ3n) is 1.75. The Hall–Kier alpha value is -1.48. The van der Waals surface area contributed by atoms with Gasteiger partial charge in [-0.2, -0.15) is 0 Å². The molecule has 1 aromatic heterocycles. The average Bonchev–Trinajstić information content (AvgIpc) is 2.70. The molecule has 0 spiro atoms. The second-order valence-electron chi connectivity index (χ2n) is 2.80. The molecule has 72 valence electrons. The van der Waals surface area contributed by atoms with E-state index in [0.717, 1.165) is 5.75 Å². The van der Waals surface area contributed by atoms with Gasteiger partial charge >= 0.3 is 0 Å². The molecule has 1 aromatic carbocycles. The molecule has 1 heterocycles. The summed E-state index contributed by atoms with van der Waals surface area (Å²) >= 11 is 5.74. The first kappa shape index (κ1) is 9.09. The molecule has 0 atom stereocenters. The Kier molecular flexibility index (Phi) is 2.70. The van der Waals surface area contributed by atoms with Crippen LogP contribution in [-0.2, 0) is 6.73 Å². The number of ether oxygens (including phenoxy) is 1. The zero-order valence-electron chi connectivity index (χ0n) is 7.43. The van der Waals surface area contributed by atoms with Crippen molar-refractivity contribution in [2.75, 3.05) is 0 Å². The Balaban J connectivity index is 1.95. The zero-order valence-corrected chi connectivity index (χ0v) is 8.19. The van der Waals surface area contributed by atoms with Crippen molar-refractivity contribution in [1.29, 1.82) is 0 Å². The molecule has 0 saturated heterocycles. The smallest absolute Gasteiger partial charge is 0.165 e. The summed E-state index contributed by atoms with van der Waals surface area (Å²) in [4.78, 5) is 3.91. The Bertz CT molecular complexity index is 383. The minimum absolute atomic E-state index is 0.460. The highest BCUT2D eigenvalue weighted by molar-refractivity contribution is 6.30. The highest BCUT2D eigenvalue weighted by Gasteiger charge is 1.93. The zero-order chi connectivity index (χ0) is 9.80. The van der Waals surface area contributed by atoms with Gasteiger partial charge in [-0.15, -0.1) is 0 Å². The molecule has 2 aromatic rings. The van der Waals surface area contributed by atoms with E-state index in [0.29, 0.717) is 11.8 Å². The summed E-state index contributed by atoms with van der Waals surface area (Å²) in [6.45, 7) is 0.460. The number of halogens is 1. The van der Waals surface area contributed by atoms with E-state index in [-0.39, 0.29) is 0 Å². The highest BCUT2D eigenvalue weighted by Crippen LogP contribution is 2.15. The van der Waals surface area contributed by atoms with Crippen molar-refractivity contribution < 1.29 is 4.74 Å². The molecule has 0 aliphatic heterocycles. The van der Waals surface area contributed by atoms with Crippen LogP contribution in [0.1, 0.15) is 0 Å². The van der Waals surface area contributed by atoms with Crippen LogP contribution in [0.4, 0.5) is 0 Å². The largest absolute Gasteiger partial charge is 0.473 e. The van der Waals surface area contributed by atoms with Crippen molar-refractivity contribution in [3.05, 3.63) is 48.0 Å². The molecule has 0 unspecified atom stereocenters. The van der Waals surface area contributed by atoms with Gasteiger partial charge in [-0.3, -0.25) is 0 Å². The first-order chi connectivity index (χ1) is 6.84. The molecule has 0 amide bonds. The molecule has 0 bridgehead atoms. The van der Waals surface area contributed by atoms with E-state index >= 15 is 0 Å². The Morgan fingerprint density at radius 1 is 1.29 bits per heavy atom. The monoisotopic (exact) mass is 208 g/mol. The number of hydrogen-bond donors (Lipinski definition) is 0. The summed E-state index contributed by atoms with van der Waals surface area (Å²) < 4.78 is 7.31. The first-order valence-corrected chi connectivity index (χ1v) is 4.56. The van der Waals surface area contributed by atoms with Crippen LogP contribution in [0.2, 0.25) is 5.02 Å².